The first-order valence-corrected chi connectivity index (χ1v) is 11.1. The van der Waals surface area contributed by atoms with E-state index in [2.05, 4.69) is 33.1 Å². The molecule has 0 spiro atoms. The van der Waals surface area contributed by atoms with E-state index >= 15 is 0 Å². The Balaban J connectivity index is 1.62. The summed E-state index contributed by atoms with van der Waals surface area (Å²) in [6, 6.07) is 9.87. The number of hydrogen-bond acceptors (Lipinski definition) is 6. The molecule has 9 heteroatoms. The molecule has 1 amide bonds. The van der Waals surface area contributed by atoms with Gasteiger partial charge in [0.25, 0.3) is 5.91 Å². The summed E-state index contributed by atoms with van der Waals surface area (Å²) in [7, 11) is 0. The van der Waals surface area contributed by atoms with Gasteiger partial charge < -0.3 is 14.2 Å². The number of halogens is 2. The maximum Gasteiger partial charge on any atom is 0.254 e. The fourth-order valence-electron chi connectivity index (χ4n) is 2.98. The molecule has 1 heterocycles. The Kier molecular flexibility index (Phi) is 9.04. The van der Waals surface area contributed by atoms with Crippen LogP contribution in [0.5, 0.6) is 11.5 Å². The number of morpholine rings is 1. The second-order valence-electron chi connectivity index (χ2n) is 6.86. The van der Waals surface area contributed by atoms with E-state index in [1.54, 1.807) is 18.3 Å². The van der Waals surface area contributed by atoms with Crippen molar-refractivity contribution in [3.05, 3.63) is 56.9 Å². The van der Waals surface area contributed by atoms with Gasteiger partial charge in [0.1, 0.15) is 12.4 Å². The van der Waals surface area contributed by atoms with Gasteiger partial charge in [-0.3, -0.25) is 9.69 Å². The van der Waals surface area contributed by atoms with Crippen LogP contribution in [0, 0.1) is 9.39 Å². The van der Waals surface area contributed by atoms with E-state index in [0.717, 1.165) is 27.8 Å². The standard InChI is InChI=1S/C22H25FIN3O4/c1-2-30-20-12-17(13-25-26-21(28)14-27-7-9-29-10-8-27)11-19(24)22(20)31-15-16-3-5-18(23)6-4-16/h3-6,11-13H,2,7-10,14-15H2,1H3,(H,26,28)/b25-13+. The maximum absolute atomic E-state index is 13.1. The summed E-state index contributed by atoms with van der Waals surface area (Å²) < 4.78 is 30.9. The second kappa shape index (κ2) is 12.0. The largest absolute Gasteiger partial charge is 0.490 e. The zero-order chi connectivity index (χ0) is 22.1. The van der Waals surface area contributed by atoms with Gasteiger partial charge in [-0.2, -0.15) is 5.10 Å². The van der Waals surface area contributed by atoms with Crippen LogP contribution in [-0.4, -0.2) is 56.5 Å². The van der Waals surface area contributed by atoms with Crippen molar-refractivity contribution in [3.8, 4) is 11.5 Å². The van der Waals surface area contributed by atoms with Crippen molar-refractivity contribution in [1.29, 1.82) is 0 Å². The smallest absolute Gasteiger partial charge is 0.254 e. The van der Waals surface area contributed by atoms with E-state index in [9.17, 15) is 9.18 Å². The Morgan fingerprint density at radius 2 is 2.00 bits per heavy atom. The highest BCUT2D eigenvalue weighted by Gasteiger charge is 2.14. The van der Waals surface area contributed by atoms with Gasteiger partial charge in [0.15, 0.2) is 11.5 Å². The van der Waals surface area contributed by atoms with Crippen LogP contribution in [-0.2, 0) is 16.1 Å². The number of carbonyl (C=O) groups excluding carboxylic acids is 1. The summed E-state index contributed by atoms with van der Waals surface area (Å²) in [6.07, 6.45) is 1.58. The van der Waals surface area contributed by atoms with Crippen LogP contribution < -0.4 is 14.9 Å². The molecule has 0 aliphatic carbocycles. The number of ether oxygens (including phenoxy) is 3. The molecular formula is C22H25FIN3O4. The molecule has 1 N–H and O–H groups in total. The number of carbonyl (C=O) groups is 1. The van der Waals surface area contributed by atoms with E-state index < -0.39 is 0 Å². The summed E-state index contributed by atoms with van der Waals surface area (Å²) in [5.41, 5.74) is 4.18. The average molecular weight is 541 g/mol. The average Bonchev–Trinajstić information content (AvgIpc) is 2.75. The summed E-state index contributed by atoms with van der Waals surface area (Å²) in [4.78, 5) is 14.1. The number of benzene rings is 2. The highest BCUT2D eigenvalue weighted by atomic mass is 127. The van der Waals surface area contributed by atoms with Crippen molar-refractivity contribution in [2.45, 2.75) is 13.5 Å². The predicted octanol–water partition coefficient (Wildman–Crippen LogP) is 3.19. The molecule has 2 aromatic carbocycles. The predicted molar refractivity (Wildman–Crippen MR) is 124 cm³/mol. The van der Waals surface area contributed by atoms with E-state index in [-0.39, 0.29) is 11.7 Å². The van der Waals surface area contributed by atoms with Crippen molar-refractivity contribution < 1.29 is 23.4 Å². The van der Waals surface area contributed by atoms with Crippen molar-refractivity contribution in [3.63, 3.8) is 0 Å². The number of hydrazone groups is 1. The van der Waals surface area contributed by atoms with E-state index in [1.165, 1.54) is 12.1 Å². The summed E-state index contributed by atoms with van der Waals surface area (Å²) in [5.74, 6) is 0.740. The fourth-order valence-corrected chi connectivity index (χ4v) is 3.76. The Hall–Kier alpha value is -2.24. The topological polar surface area (TPSA) is 72.4 Å². The minimum atomic E-state index is -0.283. The Bertz CT molecular complexity index is 902. The molecule has 1 saturated heterocycles. The lowest BCUT2D eigenvalue weighted by Crippen LogP contribution is -2.42. The van der Waals surface area contributed by atoms with Crippen LogP contribution in [0.15, 0.2) is 41.5 Å². The molecule has 0 atom stereocenters. The molecule has 1 aliphatic heterocycles. The molecule has 3 rings (SSSR count). The SMILES string of the molecule is CCOc1cc(/C=N/NC(=O)CN2CCOCC2)cc(I)c1OCc1ccc(F)cc1. The molecule has 0 radical (unpaired) electrons. The van der Waals surface area contributed by atoms with Gasteiger partial charge >= 0.3 is 0 Å². The Morgan fingerprint density at radius 1 is 1.26 bits per heavy atom. The lowest BCUT2D eigenvalue weighted by atomic mass is 10.2. The first kappa shape index (κ1) is 23.4. The molecule has 166 valence electrons. The molecule has 2 aromatic rings. The summed E-state index contributed by atoms with van der Waals surface area (Å²) in [5, 5.41) is 4.06. The van der Waals surface area contributed by atoms with Crippen molar-refractivity contribution in [1.82, 2.24) is 10.3 Å². The minimum Gasteiger partial charge on any atom is -0.490 e. The number of rotatable bonds is 9. The second-order valence-corrected chi connectivity index (χ2v) is 8.02. The molecule has 0 bridgehead atoms. The van der Waals surface area contributed by atoms with Crippen LogP contribution in [0.1, 0.15) is 18.1 Å². The number of nitrogens with one attached hydrogen (secondary N) is 1. The zero-order valence-electron chi connectivity index (χ0n) is 17.3. The summed E-state index contributed by atoms with van der Waals surface area (Å²) in [6.45, 7) is 5.72. The maximum atomic E-state index is 13.1. The number of hydrogen-bond donors (Lipinski definition) is 1. The monoisotopic (exact) mass is 541 g/mol. The van der Waals surface area contributed by atoms with E-state index in [4.69, 9.17) is 14.2 Å². The minimum absolute atomic E-state index is 0.169. The van der Waals surface area contributed by atoms with Crippen molar-refractivity contribution >= 4 is 34.7 Å². The number of amides is 1. The third-order valence-corrected chi connectivity index (χ3v) is 5.30. The van der Waals surface area contributed by atoms with Gasteiger partial charge in [-0.25, -0.2) is 9.82 Å². The van der Waals surface area contributed by atoms with Crippen LogP contribution >= 0.6 is 22.6 Å². The quantitative estimate of drug-likeness (QED) is 0.300. The highest BCUT2D eigenvalue weighted by molar-refractivity contribution is 14.1. The van der Waals surface area contributed by atoms with Crippen LogP contribution in [0.4, 0.5) is 4.39 Å². The molecule has 0 unspecified atom stereocenters. The zero-order valence-corrected chi connectivity index (χ0v) is 19.4. The number of nitrogens with zero attached hydrogens (tertiary/aromatic N) is 2. The van der Waals surface area contributed by atoms with Gasteiger partial charge in [0.2, 0.25) is 0 Å². The van der Waals surface area contributed by atoms with Gasteiger partial charge in [-0.15, -0.1) is 0 Å². The normalized spacial score (nSPS) is 14.5. The Morgan fingerprint density at radius 3 is 2.71 bits per heavy atom. The van der Waals surface area contributed by atoms with Gasteiger partial charge in [0.05, 0.1) is 36.2 Å². The molecule has 1 fully saturated rings. The third-order valence-electron chi connectivity index (χ3n) is 4.50. The molecular weight excluding hydrogens is 516 g/mol. The highest BCUT2D eigenvalue weighted by Crippen LogP contribution is 2.34. The van der Waals surface area contributed by atoms with Gasteiger partial charge in [-0.05, 0) is 64.9 Å². The van der Waals surface area contributed by atoms with Crippen LogP contribution in [0.3, 0.4) is 0 Å². The first-order chi connectivity index (χ1) is 15.0. The Labute approximate surface area is 194 Å². The van der Waals surface area contributed by atoms with Crippen LogP contribution in [0.2, 0.25) is 0 Å². The van der Waals surface area contributed by atoms with Crippen molar-refractivity contribution in [2.24, 2.45) is 5.10 Å². The molecule has 0 aromatic heterocycles. The molecule has 0 saturated carbocycles. The summed E-state index contributed by atoms with van der Waals surface area (Å²) >= 11 is 2.17. The van der Waals surface area contributed by atoms with Crippen LogP contribution in [0.25, 0.3) is 0 Å². The molecule has 7 nitrogen and oxygen atoms in total. The van der Waals surface area contributed by atoms with Gasteiger partial charge in [-0.1, -0.05) is 12.1 Å². The first-order valence-electron chi connectivity index (χ1n) is 10.0. The third kappa shape index (κ3) is 7.44. The lowest BCUT2D eigenvalue weighted by molar-refractivity contribution is -0.123. The van der Waals surface area contributed by atoms with Gasteiger partial charge in [0, 0.05) is 13.1 Å². The lowest BCUT2D eigenvalue weighted by Gasteiger charge is -2.25. The van der Waals surface area contributed by atoms with Crippen molar-refractivity contribution in [2.75, 3.05) is 39.5 Å². The molecule has 31 heavy (non-hydrogen) atoms. The van der Waals surface area contributed by atoms with E-state index in [0.29, 0.717) is 44.5 Å². The fraction of sp³-hybridized carbons (Fsp3) is 0.364. The van der Waals surface area contributed by atoms with E-state index in [1.807, 2.05) is 24.0 Å². The molecule has 1 aliphatic rings.